The summed E-state index contributed by atoms with van der Waals surface area (Å²) in [4.78, 5) is 50.5. The number of aromatic carboxylic acids is 1. The first-order valence-electron chi connectivity index (χ1n) is 9.18. The van der Waals surface area contributed by atoms with Gasteiger partial charge in [-0.15, -0.1) is 0 Å². The number of anilines is 1. The first-order chi connectivity index (χ1) is 14.3. The Labute approximate surface area is 170 Å². The Morgan fingerprint density at radius 3 is 2.37 bits per heavy atom. The van der Waals surface area contributed by atoms with Crippen LogP contribution in [0.1, 0.15) is 22.0 Å². The average Bonchev–Trinajstić information content (AvgIpc) is 3.25. The number of imide groups is 1. The molecule has 2 aliphatic rings. The highest BCUT2D eigenvalue weighted by Gasteiger charge is 2.61. The summed E-state index contributed by atoms with van der Waals surface area (Å²) in [6.45, 7) is 0. The van der Waals surface area contributed by atoms with Gasteiger partial charge in [0, 0.05) is 11.6 Å². The molecule has 9 nitrogen and oxygen atoms in total. The number of nitrogens with zero attached hydrogens (tertiary/aromatic N) is 1. The van der Waals surface area contributed by atoms with Crippen LogP contribution in [0.4, 0.5) is 5.69 Å². The SMILES string of the molecule is COc1ccccc1[C@@H]1N[C@H](C(=O)O)[C@H]2C(=O)N(c3cccc(C(=O)O)c3)C(=O)[C@@H]21. The van der Waals surface area contributed by atoms with Crippen LogP contribution in [0.2, 0.25) is 0 Å². The number of carbonyl (C=O) groups is 4. The molecule has 2 saturated heterocycles. The fourth-order valence-corrected chi connectivity index (χ4v) is 4.28. The maximum absolute atomic E-state index is 13.3. The van der Waals surface area contributed by atoms with Crippen LogP contribution in [0, 0.1) is 11.8 Å². The minimum absolute atomic E-state index is 0.0839. The Hall–Kier alpha value is -3.72. The summed E-state index contributed by atoms with van der Waals surface area (Å²) in [5.74, 6) is -5.34. The van der Waals surface area contributed by atoms with Gasteiger partial charge in [-0.05, 0) is 24.3 Å². The van der Waals surface area contributed by atoms with E-state index in [9.17, 15) is 29.4 Å². The molecule has 2 amide bonds. The van der Waals surface area contributed by atoms with Gasteiger partial charge >= 0.3 is 11.9 Å². The molecular weight excluding hydrogens is 392 g/mol. The van der Waals surface area contributed by atoms with E-state index in [4.69, 9.17) is 4.74 Å². The zero-order chi connectivity index (χ0) is 21.6. The maximum atomic E-state index is 13.3. The highest BCUT2D eigenvalue weighted by molar-refractivity contribution is 6.24. The number of para-hydroxylation sites is 1. The molecule has 0 unspecified atom stereocenters. The van der Waals surface area contributed by atoms with Crippen molar-refractivity contribution in [1.82, 2.24) is 5.32 Å². The second-order valence-electron chi connectivity index (χ2n) is 7.12. The van der Waals surface area contributed by atoms with E-state index < -0.39 is 47.7 Å². The largest absolute Gasteiger partial charge is 0.496 e. The number of fused-ring (bicyclic) bond motifs is 1. The van der Waals surface area contributed by atoms with Gasteiger partial charge in [0.05, 0.1) is 30.2 Å². The molecule has 2 heterocycles. The van der Waals surface area contributed by atoms with Crippen LogP contribution in [-0.4, -0.2) is 47.1 Å². The lowest BCUT2D eigenvalue weighted by molar-refractivity contribution is -0.142. The summed E-state index contributed by atoms with van der Waals surface area (Å²) >= 11 is 0. The summed E-state index contributed by atoms with van der Waals surface area (Å²) in [6.07, 6.45) is 0. The minimum atomic E-state index is -1.27. The Balaban J connectivity index is 1.80. The third-order valence-electron chi connectivity index (χ3n) is 5.57. The number of benzene rings is 2. The highest BCUT2D eigenvalue weighted by atomic mass is 16.5. The maximum Gasteiger partial charge on any atom is 0.335 e. The van der Waals surface area contributed by atoms with Gasteiger partial charge in [0.1, 0.15) is 11.8 Å². The highest BCUT2D eigenvalue weighted by Crippen LogP contribution is 2.47. The Kier molecular flexibility index (Phi) is 4.75. The predicted molar refractivity (Wildman–Crippen MR) is 103 cm³/mol. The van der Waals surface area contributed by atoms with Crippen LogP contribution < -0.4 is 15.0 Å². The van der Waals surface area contributed by atoms with E-state index in [2.05, 4.69) is 5.32 Å². The molecule has 3 N–H and O–H groups in total. The number of amides is 2. The number of aliphatic carboxylic acids is 1. The molecule has 0 saturated carbocycles. The van der Waals surface area contributed by atoms with Crippen LogP contribution in [0.15, 0.2) is 48.5 Å². The topological polar surface area (TPSA) is 133 Å². The van der Waals surface area contributed by atoms with Crippen LogP contribution in [-0.2, 0) is 14.4 Å². The molecular formula is C21H18N2O7. The van der Waals surface area contributed by atoms with E-state index in [1.165, 1.54) is 31.4 Å². The molecule has 0 aliphatic carbocycles. The molecule has 0 radical (unpaired) electrons. The lowest BCUT2D eigenvalue weighted by atomic mass is 9.86. The second kappa shape index (κ2) is 7.27. The van der Waals surface area contributed by atoms with E-state index in [0.717, 1.165) is 4.90 Å². The van der Waals surface area contributed by atoms with Crippen LogP contribution in [0.3, 0.4) is 0 Å². The fraction of sp³-hybridized carbons (Fsp3) is 0.238. The van der Waals surface area contributed by atoms with E-state index in [0.29, 0.717) is 11.3 Å². The zero-order valence-electron chi connectivity index (χ0n) is 15.8. The van der Waals surface area contributed by atoms with Crippen molar-refractivity contribution >= 4 is 29.4 Å². The molecule has 0 bridgehead atoms. The van der Waals surface area contributed by atoms with E-state index in [1.807, 2.05) is 0 Å². The molecule has 2 aliphatic heterocycles. The smallest absolute Gasteiger partial charge is 0.335 e. The van der Waals surface area contributed by atoms with E-state index in [-0.39, 0.29) is 11.3 Å². The van der Waals surface area contributed by atoms with Crippen molar-refractivity contribution in [3.63, 3.8) is 0 Å². The molecule has 154 valence electrons. The van der Waals surface area contributed by atoms with E-state index in [1.54, 1.807) is 24.3 Å². The van der Waals surface area contributed by atoms with Crippen molar-refractivity contribution in [3.05, 3.63) is 59.7 Å². The molecule has 4 atom stereocenters. The predicted octanol–water partition coefficient (Wildman–Crippen LogP) is 1.30. The van der Waals surface area contributed by atoms with Gasteiger partial charge in [0.2, 0.25) is 11.8 Å². The van der Waals surface area contributed by atoms with Crippen molar-refractivity contribution in [3.8, 4) is 5.75 Å². The number of hydrogen-bond donors (Lipinski definition) is 3. The van der Waals surface area contributed by atoms with Crippen molar-refractivity contribution in [1.29, 1.82) is 0 Å². The average molecular weight is 410 g/mol. The van der Waals surface area contributed by atoms with Gasteiger partial charge in [-0.1, -0.05) is 24.3 Å². The molecule has 2 aromatic carbocycles. The molecule has 9 heteroatoms. The Morgan fingerprint density at radius 2 is 1.70 bits per heavy atom. The monoisotopic (exact) mass is 410 g/mol. The van der Waals surface area contributed by atoms with Gasteiger partial charge in [-0.3, -0.25) is 19.7 Å². The molecule has 30 heavy (non-hydrogen) atoms. The normalized spacial score (nSPS) is 25.3. The fourth-order valence-electron chi connectivity index (χ4n) is 4.28. The summed E-state index contributed by atoms with van der Waals surface area (Å²) in [7, 11) is 1.46. The van der Waals surface area contributed by atoms with Gasteiger partial charge < -0.3 is 14.9 Å². The summed E-state index contributed by atoms with van der Waals surface area (Å²) in [5, 5.41) is 21.8. The first kappa shape index (κ1) is 19.6. The van der Waals surface area contributed by atoms with Crippen molar-refractivity contribution in [2.24, 2.45) is 11.8 Å². The number of carboxylic acids is 2. The molecule has 4 rings (SSSR count). The van der Waals surface area contributed by atoms with Gasteiger partial charge in [-0.25, -0.2) is 9.69 Å². The molecule has 2 fully saturated rings. The van der Waals surface area contributed by atoms with E-state index >= 15 is 0 Å². The first-order valence-corrected chi connectivity index (χ1v) is 9.18. The number of rotatable bonds is 5. The summed E-state index contributed by atoms with van der Waals surface area (Å²) in [6, 6.07) is 10.3. The minimum Gasteiger partial charge on any atom is -0.496 e. The standard InChI is InChI=1S/C21H18N2O7/c1-30-13-8-3-2-7-12(13)16-14-15(17(22-16)21(28)29)19(25)23(18(14)24)11-6-4-5-10(9-11)20(26)27/h2-9,14-17,22H,1H3,(H,26,27)(H,28,29)/t14-,15-,16-,17-/m0/s1. The third kappa shape index (κ3) is 2.91. The lowest BCUT2D eigenvalue weighted by Gasteiger charge is -2.22. The quantitative estimate of drug-likeness (QED) is 0.628. The second-order valence-corrected chi connectivity index (χ2v) is 7.12. The van der Waals surface area contributed by atoms with Crippen LogP contribution >= 0.6 is 0 Å². The summed E-state index contributed by atoms with van der Waals surface area (Å²) in [5.41, 5.74) is 0.586. The number of nitrogens with one attached hydrogen (secondary N) is 1. The zero-order valence-corrected chi connectivity index (χ0v) is 15.8. The molecule has 2 aromatic rings. The van der Waals surface area contributed by atoms with Gasteiger partial charge in [0.25, 0.3) is 0 Å². The Morgan fingerprint density at radius 1 is 1.00 bits per heavy atom. The Bertz CT molecular complexity index is 1070. The van der Waals surface area contributed by atoms with Gasteiger partial charge in [0.15, 0.2) is 0 Å². The van der Waals surface area contributed by atoms with Crippen molar-refractivity contribution in [2.45, 2.75) is 12.1 Å². The number of ether oxygens (including phenoxy) is 1. The van der Waals surface area contributed by atoms with Gasteiger partial charge in [-0.2, -0.15) is 0 Å². The third-order valence-corrected chi connectivity index (χ3v) is 5.57. The summed E-state index contributed by atoms with van der Waals surface area (Å²) < 4.78 is 5.36. The van der Waals surface area contributed by atoms with Crippen LogP contribution in [0.25, 0.3) is 0 Å². The number of carbonyl (C=O) groups excluding carboxylic acids is 2. The molecule has 0 spiro atoms. The number of hydrogen-bond acceptors (Lipinski definition) is 6. The van der Waals surface area contributed by atoms with Crippen molar-refractivity contribution < 1.29 is 34.1 Å². The molecule has 0 aromatic heterocycles. The lowest BCUT2D eigenvalue weighted by Crippen LogP contribution is -2.43. The van der Waals surface area contributed by atoms with Crippen molar-refractivity contribution in [2.75, 3.05) is 12.0 Å². The van der Waals surface area contributed by atoms with Crippen LogP contribution in [0.5, 0.6) is 5.75 Å². The number of carboxylic acid groups (broad SMARTS) is 2. The number of methoxy groups -OCH3 is 1.